The fourth-order valence-corrected chi connectivity index (χ4v) is 2.45. The molecule has 0 bridgehead atoms. The Morgan fingerprint density at radius 2 is 2.24 bits per heavy atom. The Morgan fingerprint density at radius 3 is 3.18 bits per heavy atom. The normalized spacial score (nSPS) is 26.8. The number of hydrogen-bond donors (Lipinski definition) is 1. The lowest BCUT2D eigenvalue weighted by molar-refractivity contribution is 0.414. The van der Waals surface area contributed by atoms with Gasteiger partial charge in [0.1, 0.15) is 5.82 Å². The SMILES string of the molecule is Nc1cc2c(cn1)C=CC1=NC=C3OC=NC312. The average Bonchev–Trinajstić information content (AvgIpc) is 2.86. The molecule has 0 amide bonds. The van der Waals surface area contributed by atoms with Crippen LogP contribution < -0.4 is 5.73 Å². The third kappa shape index (κ3) is 0.875. The van der Waals surface area contributed by atoms with Crippen molar-refractivity contribution in [3.8, 4) is 0 Å². The minimum absolute atomic E-state index is 0.473. The molecule has 5 nitrogen and oxygen atoms in total. The maximum absolute atomic E-state index is 5.76. The lowest BCUT2D eigenvalue weighted by Gasteiger charge is -2.27. The van der Waals surface area contributed by atoms with Gasteiger partial charge in [-0.1, -0.05) is 6.08 Å². The van der Waals surface area contributed by atoms with Crippen LogP contribution in [-0.4, -0.2) is 17.1 Å². The van der Waals surface area contributed by atoms with Gasteiger partial charge in [-0.2, -0.15) is 0 Å². The van der Waals surface area contributed by atoms with Gasteiger partial charge in [0, 0.05) is 11.8 Å². The molecule has 0 saturated carbocycles. The Kier molecular flexibility index (Phi) is 1.34. The Labute approximate surface area is 97.1 Å². The van der Waals surface area contributed by atoms with Crippen LogP contribution in [0.1, 0.15) is 11.1 Å². The minimum Gasteiger partial charge on any atom is -0.445 e. The highest BCUT2D eigenvalue weighted by atomic mass is 16.5. The Balaban J connectivity index is 2.09. The third-order valence-electron chi connectivity index (χ3n) is 3.24. The molecule has 1 aromatic heterocycles. The molecule has 5 heteroatoms. The van der Waals surface area contributed by atoms with E-state index in [0.29, 0.717) is 5.82 Å². The van der Waals surface area contributed by atoms with E-state index in [0.717, 1.165) is 22.6 Å². The molecule has 0 radical (unpaired) electrons. The van der Waals surface area contributed by atoms with Gasteiger partial charge in [0.2, 0.25) is 0 Å². The Morgan fingerprint density at radius 1 is 1.29 bits per heavy atom. The predicted octanol–water partition coefficient (Wildman–Crippen LogP) is 1.24. The van der Waals surface area contributed by atoms with Crippen LogP contribution in [-0.2, 0) is 10.3 Å². The lowest BCUT2D eigenvalue weighted by atomic mass is 9.79. The van der Waals surface area contributed by atoms with Crippen LogP contribution in [0, 0.1) is 0 Å². The highest BCUT2D eigenvalue weighted by Crippen LogP contribution is 2.46. The second-order valence-electron chi connectivity index (χ2n) is 4.10. The fraction of sp³-hybridized carbons (Fsp3) is 0.0833. The van der Waals surface area contributed by atoms with Crippen LogP contribution in [0.2, 0.25) is 0 Å². The van der Waals surface area contributed by atoms with Gasteiger partial charge in [0.15, 0.2) is 17.7 Å². The van der Waals surface area contributed by atoms with E-state index in [2.05, 4.69) is 15.0 Å². The quantitative estimate of drug-likeness (QED) is 0.720. The van der Waals surface area contributed by atoms with Crippen LogP contribution in [0.25, 0.3) is 6.08 Å². The number of pyridine rings is 1. The topological polar surface area (TPSA) is 72.9 Å². The number of hydrogen-bond acceptors (Lipinski definition) is 5. The highest BCUT2D eigenvalue weighted by Gasteiger charge is 2.50. The van der Waals surface area contributed by atoms with Crippen molar-refractivity contribution in [1.29, 1.82) is 0 Å². The van der Waals surface area contributed by atoms with Crippen LogP contribution in [0.3, 0.4) is 0 Å². The Hall–Kier alpha value is -2.43. The van der Waals surface area contributed by atoms with E-state index in [-0.39, 0.29) is 0 Å². The van der Waals surface area contributed by atoms with Crippen molar-refractivity contribution in [2.45, 2.75) is 5.54 Å². The molecule has 4 rings (SSSR count). The van der Waals surface area contributed by atoms with E-state index in [4.69, 9.17) is 10.5 Å². The van der Waals surface area contributed by atoms with Gasteiger partial charge >= 0.3 is 0 Å². The van der Waals surface area contributed by atoms with E-state index >= 15 is 0 Å². The zero-order valence-corrected chi connectivity index (χ0v) is 8.79. The van der Waals surface area contributed by atoms with Gasteiger partial charge in [-0.05, 0) is 17.7 Å². The first-order chi connectivity index (χ1) is 8.30. The van der Waals surface area contributed by atoms with Crippen molar-refractivity contribution in [2.75, 3.05) is 5.73 Å². The summed E-state index contributed by atoms with van der Waals surface area (Å²) in [5.41, 5.74) is 7.96. The average molecular weight is 224 g/mol. The molecule has 3 heterocycles. The van der Waals surface area contributed by atoms with Gasteiger partial charge in [-0.25, -0.2) is 9.98 Å². The molecule has 17 heavy (non-hydrogen) atoms. The number of nitrogens with two attached hydrogens (primary N) is 1. The molecule has 0 aromatic carbocycles. The number of aromatic nitrogens is 1. The van der Waals surface area contributed by atoms with E-state index in [1.165, 1.54) is 6.40 Å². The van der Waals surface area contributed by atoms with Gasteiger partial charge in [-0.15, -0.1) is 0 Å². The summed E-state index contributed by atoms with van der Waals surface area (Å²) in [5.74, 6) is 1.20. The first-order valence-electron chi connectivity index (χ1n) is 5.24. The first-order valence-corrected chi connectivity index (χ1v) is 5.24. The van der Waals surface area contributed by atoms with Gasteiger partial charge in [-0.3, -0.25) is 4.99 Å². The van der Waals surface area contributed by atoms with Crippen LogP contribution >= 0.6 is 0 Å². The number of anilines is 1. The molecule has 3 aliphatic rings. The molecule has 82 valence electrons. The van der Waals surface area contributed by atoms with Gasteiger partial charge in [0.05, 0.1) is 11.9 Å². The summed E-state index contributed by atoms with van der Waals surface area (Å²) < 4.78 is 5.39. The van der Waals surface area contributed by atoms with Crippen molar-refractivity contribution in [2.24, 2.45) is 9.98 Å². The fourth-order valence-electron chi connectivity index (χ4n) is 2.45. The summed E-state index contributed by atoms with van der Waals surface area (Å²) in [6, 6.07) is 1.83. The molecule has 1 aliphatic carbocycles. The van der Waals surface area contributed by atoms with E-state index < -0.39 is 5.54 Å². The number of nitrogens with zero attached hydrogens (tertiary/aromatic N) is 3. The minimum atomic E-state index is -0.624. The molecule has 1 unspecified atom stereocenters. The third-order valence-corrected chi connectivity index (χ3v) is 3.24. The number of aliphatic imine (C=N–C) groups is 2. The molecule has 2 N–H and O–H groups in total. The maximum Gasteiger partial charge on any atom is 0.190 e. The maximum atomic E-state index is 5.76. The number of rotatable bonds is 0. The molecule has 1 atom stereocenters. The van der Waals surface area contributed by atoms with Crippen molar-refractivity contribution in [1.82, 2.24) is 4.98 Å². The van der Waals surface area contributed by atoms with E-state index in [1.807, 2.05) is 18.2 Å². The predicted molar refractivity (Wildman–Crippen MR) is 64.5 cm³/mol. The number of ether oxygens (including phenoxy) is 1. The van der Waals surface area contributed by atoms with Gasteiger partial charge in [0.25, 0.3) is 0 Å². The smallest absolute Gasteiger partial charge is 0.190 e. The Bertz CT molecular complexity index is 656. The summed E-state index contributed by atoms with van der Waals surface area (Å²) in [6.07, 6.45) is 8.82. The molecule has 2 aliphatic heterocycles. The zero-order chi connectivity index (χ0) is 11.5. The zero-order valence-electron chi connectivity index (χ0n) is 8.79. The summed E-state index contributed by atoms with van der Waals surface area (Å²) in [7, 11) is 0. The lowest BCUT2D eigenvalue weighted by Crippen LogP contribution is -2.33. The second kappa shape index (κ2) is 2.63. The summed E-state index contributed by atoms with van der Waals surface area (Å²) in [4.78, 5) is 12.9. The van der Waals surface area contributed by atoms with Crippen molar-refractivity contribution >= 4 is 24.0 Å². The molecular formula is C12H8N4O. The molecule has 1 aromatic rings. The second-order valence-corrected chi connectivity index (χ2v) is 4.10. The largest absolute Gasteiger partial charge is 0.445 e. The molecule has 0 fully saturated rings. The van der Waals surface area contributed by atoms with Crippen LogP contribution in [0.5, 0.6) is 0 Å². The first kappa shape index (κ1) is 8.69. The van der Waals surface area contributed by atoms with Crippen LogP contribution in [0.4, 0.5) is 5.82 Å². The summed E-state index contributed by atoms with van der Waals surface area (Å²) in [5, 5.41) is 0. The van der Waals surface area contributed by atoms with Crippen molar-refractivity contribution in [3.05, 3.63) is 41.4 Å². The van der Waals surface area contributed by atoms with E-state index in [9.17, 15) is 0 Å². The van der Waals surface area contributed by atoms with E-state index in [1.54, 1.807) is 12.4 Å². The number of nitrogen functional groups attached to an aromatic ring is 1. The summed E-state index contributed by atoms with van der Waals surface area (Å²) in [6.45, 7) is 0. The van der Waals surface area contributed by atoms with Crippen molar-refractivity contribution < 1.29 is 4.74 Å². The highest BCUT2D eigenvalue weighted by molar-refractivity contribution is 6.13. The standard InChI is InChI=1S/C12H8N4O/c13-11-3-8-7(4-15-11)1-2-9-12(8)10(5-14-9)17-6-16-12/h1-6H,(H2,13,15). The molecule has 1 spiro atoms. The van der Waals surface area contributed by atoms with Gasteiger partial charge < -0.3 is 10.5 Å². The van der Waals surface area contributed by atoms with Crippen LogP contribution in [0.15, 0.2) is 40.3 Å². The summed E-state index contributed by atoms with van der Waals surface area (Å²) >= 11 is 0. The molecule has 0 saturated heterocycles. The molecular weight excluding hydrogens is 216 g/mol. The monoisotopic (exact) mass is 224 g/mol. The number of fused-ring (bicyclic) bond motifs is 1. The van der Waals surface area contributed by atoms with Crippen molar-refractivity contribution in [3.63, 3.8) is 0 Å².